The number of rotatable bonds is 4. The van der Waals surface area contributed by atoms with Gasteiger partial charge in [0, 0.05) is 20.2 Å². The van der Waals surface area contributed by atoms with Crippen molar-refractivity contribution in [3.05, 3.63) is 67.9 Å². The molecule has 0 saturated carbocycles. The molecule has 0 spiro atoms. The van der Waals surface area contributed by atoms with E-state index in [9.17, 15) is 4.79 Å². The summed E-state index contributed by atoms with van der Waals surface area (Å²) < 4.78 is 1.84. The summed E-state index contributed by atoms with van der Waals surface area (Å²) in [6.45, 7) is 0. The summed E-state index contributed by atoms with van der Waals surface area (Å²) in [5, 5.41) is 3.74. The van der Waals surface area contributed by atoms with Gasteiger partial charge in [0.05, 0.1) is 0 Å². The molecule has 2 aromatic carbocycles. The van der Waals surface area contributed by atoms with Crippen LogP contribution in [0.4, 0.5) is 16.6 Å². The van der Waals surface area contributed by atoms with E-state index in [2.05, 4.69) is 42.2 Å². The molecule has 0 radical (unpaired) electrons. The first-order valence-electron chi connectivity index (χ1n) is 6.62. The molecule has 4 nitrogen and oxygen atoms in total. The second-order valence-electron chi connectivity index (χ2n) is 4.70. The highest BCUT2D eigenvalue weighted by molar-refractivity contribution is 9.10. The Balaban J connectivity index is 1.86. The third-order valence-corrected chi connectivity index (χ3v) is 5.05. The van der Waals surface area contributed by atoms with Crippen molar-refractivity contribution in [1.82, 2.24) is 4.98 Å². The maximum Gasteiger partial charge on any atom is 0.206 e. The molecule has 0 aliphatic carbocycles. The molecular weight excluding hydrogens is 442 g/mol. The highest BCUT2D eigenvalue weighted by Crippen LogP contribution is 2.30. The quantitative estimate of drug-likeness (QED) is 0.532. The topological polar surface area (TPSA) is 68.0 Å². The monoisotopic (exact) mass is 451 g/mol. The fourth-order valence-corrected chi connectivity index (χ4v) is 3.50. The Bertz CT molecular complexity index is 862. The average molecular weight is 453 g/mol. The number of nitrogens with two attached hydrogens (primary N) is 1. The molecule has 7 heteroatoms. The number of thiazole rings is 1. The molecule has 0 bridgehead atoms. The number of ketones is 1. The first kappa shape index (κ1) is 16.2. The minimum atomic E-state index is -0.134. The lowest BCUT2D eigenvalue weighted by Crippen LogP contribution is -2.02. The summed E-state index contributed by atoms with van der Waals surface area (Å²) >= 11 is 8.00. The van der Waals surface area contributed by atoms with Crippen LogP contribution in [-0.2, 0) is 0 Å². The van der Waals surface area contributed by atoms with Gasteiger partial charge in [-0.3, -0.25) is 4.79 Å². The normalized spacial score (nSPS) is 10.5. The molecule has 0 saturated heterocycles. The number of hydrogen-bond acceptors (Lipinski definition) is 5. The highest BCUT2D eigenvalue weighted by atomic mass is 79.9. The number of benzene rings is 2. The molecule has 0 fully saturated rings. The Morgan fingerprint density at radius 3 is 2.52 bits per heavy atom. The zero-order chi connectivity index (χ0) is 16.4. The van der Waals surface area contributed by atoms with Crippen molar-refractivity contribution in [3.8, 4) is 0 Å². The third-order valence-electron chi connectivity index (χ3n) is 3.04. The first-order chi connectivity index (χ1) is 11.0. The lowest BCUT2D eigenvalue weighted by atomic mass is 10.1. The first-order valence-corrected chi connectivity index (χ1v) is 9.02. The van der Waals surface area contributed by atoms with Crippen LogP contribution in [0.15, 0.2) is 57.5 Å². The van der Waals surface area contributed by atoms with Gasteiger partial charge in [0.25, 0.3) is 0 Å². The van der Waals surface area contributed by atoms with Crippen LogP contribution in [0.2, 0.25) is 0 Å². The standard InChI is InChI=1S/C16H11Br2N3OS/c17-10-4-6-12(7-5-10)20-16-21-15(19)14(23-16)13(22)9-2-1-3-11(18)8-9/h1-8H,19H2,(H,20,21). The van der Waals surface area contributed by atoms with Crippen LogP contribution in [0.1, 0.15) is 15.2 Å². The van der Waals surface area contributed by atoms with Gasteiger partial charge in [-0.1, -0.05) is 55.3 Å². The summed E-state index contributed by atoms with van der Waals surface area (Å²) in [7, 11) is 0. The zero-order valence-corrected chi connectivity index (χ0v) is 15.7. The fraction of sp³-hybridized carbons (Fsp3) is 0. The van der Waals surface area contributed by atoms with Gasteiger partial charge >= 0.3 is 0 Å². The number of anilines is 3. The minimum Gasteiger partial charge on any atom is -0.382 e. The Labute approximate surface area is 154 Å². The van der Waals surface area contributed by atoms with Gasteiger partial charge in [0.15, 0.2) is 5.13 Å². The van der Waals surface area contributed by atoms with Crippen molar-refractivity contribution in [1.29, 1.82) is 0 Å². The van der Waals surface area contributed by atoms with E-state index in [1.165, 1.54) is 11.3 Å². The van der Waals surface area contributed by atoms with E-state index in [-0.39, 0.29) is 11.6 Å². The van der Waals surface area contributed by atoms with Gasteiger partial charge in [-0.2, -0.15) is 0 Å². The largest absolute Gasteiger partial charge is 0.382 e. The van der Waals surface area contributed by atoms with Crippen molar-refractivity contribution in [2.45, 2.75) is 0 Å². The fourth-order valence-electron chi connectivity index (χ4n) is 1.97. The Hall–Kier alpha value is -1.70. The van der Waals surface area contributed by atoms with Crippen LogP contribution in [0.5, 0.6) is 0 Å². The second kappa shape index (κ2) is 6.82. The van der Waals surface area contributed by atoms with Crippen LogP contribution in [0.3, 0.4) is 0 Å². The van der Waals surface area contributed by atoms with Gasteiger partial charge in [-0.05, 0) is 36.4 Å². The molecule has 1 aromatic heterocycles. The number of nitrogens with one attached hydrogen (secondary N) is 1. The molecule has 0 amide bonds. The molecule has 23 heavy (non-hydrogen) atoms. The van der Waals surface area contributed by atoms with Crippen LogP contribution in [-0.4, -0.2) is 10.8 Å². The lowest BCUT2D eigenvalue weighted by molar-refractivity contribution is 0.104. The highest BCUT2D eigenvalue weighted by Gasteiger charge is 2.18. The van der Waals surface area contributed by atoms with Crippen molar-refractivity contribution in [2.24, 2.45) is 0 Å². The molecule has 0 unspecified atom stereocenters. The maximum absolute atomic E-state index is 12.6. The number of halogens is 2. The molecular formula is C16H11Br2N3OS. The summed E-state index contributed by atoms with van der Waals surface area (Å²) in [5.74, 6) is 0.102. The number of carbonyl (C=O) groups is 1. The van der Waals surface area contributed by atoms with E-state index in [1.807, 2.05) is 36.4 Å². The number of nitrogen functional groups attached to an aromatic ring is 1. The summed E-state index contributed by atoms with van der Waals surface area (Å²) in [5.41, 5.74) is 7.37. The predicted molar refractivity (Wildman–Crippen MR) is 102 cm³/mol. The van der Waals surface area contributed by atoms with Crippen LogP contribution >= 0.6 is 43.2 Å². The van der Waals surface area contributed by atoms with E-state index < -0.39 is 0 Å². The van der Waals surface area contributed by atoms with Crippen molar-refractivity contribution < 1.29 is 4.79 Å². The maximum atomic E-state index is 12.6. The van der Waals surface area contributed by atoms with E-state index >= 15 is 0 Å². The average Bonchev–Trinajstić information content (AvgIpc) is 2.89. The molecule has 3 N–H and O–H groups in total. The Morgan fingerprint density at radius 1 is 1.09 bits per heavy atom. The number of hydrogen-bond donors (Lipinski definition) is 2. The third kappa shape index (κ3) is 3.80. The predicted octanol–water partition coefficient (Wildman–Crippen LogP) is 5.22. The zero-order valence-electron chi connectivity index (χ0n) is 11.7. The molecule has 0 aliphatic rings. The van der Waals surface area contributed by atoms with E-state index in [0.29, 0.717) is 15.6 Å². The van der Waals surface area contributed by atoms with Crippen molar-refractivity contribution in [2.75, 3.05) is 11.1 Å². The van der Waals surface area contributed by atoms with E-state index in [0.717, 1.165) is 14.6 Å². The van der Waals surface area contributed by atoms with E-state index in [1.54, 1.807) is 12.1 Å². The molecule has 3 aromatic rings. The smallest absolute Gasteiger partial charge is 0.206 e. The van der Waals surface area contributed by atoms with Crippen molar-refractivity contribution >= 4 is 65.6 Å². The van der Waals surface area contributed by atoms with Crippen molar-refractivity contribution in [3.63, 3.8) is 0 Å². The Morgan fingerprint density at radius 2 is 1.83 bits per heavy atom. The van der Waals surface area contributed by atoms with Gasteiger partial charge in [-0.25, -0.2) is 4.98 Å². The SMILES string of the molecule is Nc1nc(Nc2ccc(Br)cc2)sc1C(=O)c1cccc(Br)c1. The molecule has 1 heterocycles. The molecule has 0 atom stereocenters. The second-order valence-corrected chi connectivity index (χ2v) is 7.54. The summed E-state index contributed by atoms with van der Waals surface area (Å²) in [6.07, 6.45) is 0. The van der Waals surface area contributed by atoms with E-state index in [4.69, 9.17) is 5.73 Å². The number of nitrogens with zero attached hydrogens (tertiary/aromatic N) is 1. The number of carbonyl (C=O) groups excluding carboxylic acids is 1. The lowest BCUT2D eigenvalue weighted by Gasteiger charge is -2.01. The summed E-state index contributed by atoms with van der Waals surface area (Å²) in [4.78, 5) is 17.2. The Kier molecular flexibility index (Phi) is 4.79. The van der Waals surface area contributed by atoms with Gasteiger partial charge < -0.3 is 11.1 Å². The van der Waals surface area contributed by atoms with Crippen LogP contribution in [0.25, 0.3) is 0 Å². The molecule has 116 valence electrons. The molecule has 3 rings (SSSR count). The summed E-state index contributed by atoms with van der Waals surface area (Å²) in [6, 6.07) is 14.9. The van der Waals surface area contributed by atoms with Gasteiger partial charge in [0.1, 0.15) is 10.7 Å². The van der Waals surface area contributed by atoms with Crippen LogP contribution in [0, 0.1) is 0 Å². The minimum absolute atomic E-state index is 0.134. The number of aromatic nitrogens is 1. The molecule has 0 aliphatic heterocycles. The van der Waals surface area contributed by atoms with Crippen LogP contribution < -0.4 is 11.1 Å². The van der Waals surface area contributed by atoms with Gasteiger partial charge in [-0.15, -0.1) is 0 Å². The van der Waals surface area contributed by atoms with Gasteiger partial charge in [0.2, 0.25) is 5.78 Å².